The van der Waals surface area contributed by atoms with Crippen LogP contribution in [0.1, 0.15) is 37.6 Å². The molecule has 0 saturated heterocycles. The zero-order valence-corrected chi connectivity index (χ0v) is 12.8. The number of carbonyl (C=O) groups is 1. The van der Waals surface area contributed by atoms with E-state index < -0.39 is 0 Å². The van der Waals surface area contributed by atoms with Crippen molar-refractivity contribution in [2.24, 2.45) is 5.41 Å². The molecule has 112 valence electrons. The minimum atomic E-state index is -0.234. The number of nitrogens with zero attached hydrogens (tertiary/aromatic N) is 1. The van der Waals surface area contributed by atoms with Crippen LogP contribution in [0.4, 0.5) is 0 Å². The highest BCUT2D eigenvalue weighted by Crippen LogP contribution is 2.21. The van der Waals surface area contributed by atoms with Crippen molar-refractivity contribution in [3.8, 4) is 0 Å². The number of aromatic nitrogens is 1. The number of hydrogen-bond acceptors (Lipinski definition) is 3. The number of fused-ring (bicyclic) bond motifs is 1. The lowest BCUT2D eigenvalue weighted by atomic mass is 9.88. The Morgan fingerprint density at radius 2 is 2.10 bits per heavy atom. The van der Waals surface area contributed by atoms with Crippen LogP contribution in [0.15, 0.2) is 36.5 Å². The fourth-order valence-electron chi connectivity index (χ4n) is 2.39. The van der Waals surface area contributed by atoms with Crippen LogP contribution in [0.3, 0.4) is 0 Å². The average molecular weight is 286 g/mol. The molecule has 1 aromatic carbocycles. The maximum atomic E-state index is 12.3. The van der Waals surface area contributed by atoms with E-state index in [9.17, 15) is 9.90 Å². The molecule has 4 nitrogen and oxygen atoms in total. The molecule has 1 aromatic heterocycles. The summed E-state index contributed by atoms with van der Waals surface area (Å²) in [5, 5.41) is 13.3. The van der Waals surface area contributed by atoms with Gasteiger partial charge in [0, 0.05) is 17.1 Å². The third kappa shape index (κ3) is 4.26. The molecule has 2 N–H and O–H groups in total. The molecule has 2 aromatic rings. The van der Waals surface area contributed by atoms with Gasteiger partial charge in [0.2, 0.25) is 0 Å². The van der Waals surface area contributed by atoms with Crippen LogP contribution in [0.5, 0.6) is 0 Å². The second-order valence-corrected chi connectivity index (χ2v) is 6.53. The monoisotopic (exact) mass is 286 g/mol. The van der Waals surface area contributed by atoms with E-state index in [2.05, 4.69) is 31.1 Å². The van der Waals surface area contributed by atoms with Gasteiger partial charge in [0.25, 0.3) is 5.91 Å². The second kappa shape index (κ2) is 6.22. The van der Waals surface area contributed by atoms with Crippen molar-refractivity contribution in [2.75, 3.05) is 6.61 Å². The number of aliphatic hydroxyl groups excluding tert-OH is 1. The average Bonchev–Trinajstić information content (AvgIpc) is 2.44. The van der Waals surface area contributed by atoms with Gasteiger partial charge in [-0.1, -0.05) is 26.8 Å². The van der Waals surface area contributed by atoms with E-state index >= 15 is 0 Å². The van der Waals surface area contributed by atoms with Crippen molar-refractivity contribution in [1.82, 2.24) is 10.3 Å². The highest BCUT2D eigenvalue weighted by Gasteiger charge is 2.20. The quantitative estimate of drug-likeness (QED) is 0.908. The van der Waals surface area contributed by atoms with E-state index in [-0.39, 0.29) is 24.0 Å². The third-order valence-corrected chi connectivity index (χ3v) is 3.28. The summed E-state index contributed by atoms with van der Waals surface area (Å²) in [4.78, 5) is 16.5. The topological polar surface area (TPSA) is 62.2 Å². The van der Waals surface area contributed by atoms with Crippen molar-refractivity contribution in [3.05, 3.63) is 42.1 Å². The molecule has 0 aliphatic rings. The lowest BCUT2D eigenvalue weighted by molar-refractivity contribution is 0.0898. The number of rotatable bonds is 4. The molecule has 0 aliphatic heterocycles. The Hall–Kier alpha value is -1.94. The van der Waals surface area contributed by atoms with Crippen molar-refractivity contribution in [2.45, 2.75) is 33.2 Å². The first-order valence-electron chi connectivity index (χ1n) is 7.15. The Balaban J connectivity index is 2.14. The Morgan fingerprint density at radius 1 is 1.33 bits per heavy atom. The van der Waals surface area contributed by atoms with E-state index in [4.69, 9.17) is 0 Å². The summed E-state index contributed by atoms with van der Waals surface area (Å²) < 4.78 is 0. The van der Waals surface area contributed by atoms with Crippen molar-refractivity contribution < 1.29 is 9.90 Å². The van der Waals surface area contributed by atoms with Crippen LogP contribution in [-0.4, -0.2) is 28.6 Å². The van der Waals surface area contributed by atoms with Gasteiger partial charge in [-0.05, 0) is 36.1 Å². The first kappa shape index (κ1) is 15.4. The highest BCUT2D eigenvalue weighted by molar-refractivity contribution is 5.98. The predicted octanol–water partition coefficient (Wildman–Crippen LogP) is 2.76. The zero-order chi connectivity index (χ0) is 15.5. The summed E-state index contributed by atoms with van der Waals surface area (Å²) in [5.74, 6) is -0.163. The summed E-state index contributed by atoms with van der Waals surface area (Å²) in [6.45, 7) is 6.20. The molecule has 0 bridgehead atoms. The highest BCUT2D eigenvalue weighted by atomic mass is 16.3. The molecule has 1 heterocycles. The van der Waals surface area contributed by atoms with Crippen LogP contribution in [-0.2, 0) is 0 Å². The van der Waals surface area contributed by atoms with E-state index in [0.29, 0.717) is 5.56 Å². The molecular formula is C17H22N2O2. The van der Waals surface area contributed by atoms with Crippen LogP contribution in [0, 0.1) is 5.41 Å². The normalized spacial score (nSPS) is 13.1. The largest absolute Gasteiger partial charge is 0.394 e. The smallest absolute Gasteiger partial charge is 0.251 e. The molecule has 0 aliphatic carbocycles. The third-order valence-electron chi connectivity index (χ3n) is 3.28. The van der Waals surface area contributed by atoms with Gasteiger partial charge in [-0.25, -0.2) is 0 Å². The van der Waals surface area contributed by atoms with Crippen molar-refractivity contribution in [3.63, 3.8) is 0 Å². The van der Waals surface area contributed by atoms with Gasteiger partial charge in [-0.15, -0.1) is 0 Å². The molecule has 0 fully saturated rings. The summed E-state index contributed by atoms with van der Waals surface area (Å²) in [6, 6.07) is 8.96. The maximum Gasteiger partial charge on any atom is 0.251 e. The van der Waals surface area contributed by atoms with E-state index in [1.807, 2.05) is 24.3 Å². The van der Waals surface area contributed by atoms with Gasteiger partial charge < -0.3 is 10.4 Å². The molecule has 1 atom stereocenters. The molecule has 0 spiro atoms. The summed E-state index contributed by atoms with van der Waals surface area (Å²) in [7, 11) is 0. The molecule has 1 amide bonds. The Labute approximate surface area is 125 Å². The van der Waals surface area contributed by atoms with Gasteiger partial charge in [0.1, 0.15) is 0 Å². The van der Waals surface area contributed by atoms with E-state index in [1.165, 1.54) is 0 Å². The van der Waals surface area contributed by atoms with Crippen LogP contribution >= 0.6 is 0 Å². The molecule has 0 saturated carbocycles. The summed E-state index contributed by atoms with van der Waals surface area (Å²) in [5.41, 5.74) is 1.50. The van der Waals surface area contributed by atoms with Gasteiger partial charge in [0.05, 0.1) is 18.2 Å². The number of pyridine rings is 1. The maximum absolute atomic E-state index is 12.3. The summed E-state index contributed by atoms with van der Waals surface area (Å²) >= 11 is 0. The Bertz CT molecular complexity index is 632. The molecular weight excluding hydrogens is 264 g/mol. The number of aliphatic hydroxyl groups is 1. The predicted molar refractivity (Wildman–Crippen MR) is 84.2 cm³/mol. The Morgan fingerprint density at radius 3 is 2.76 bits per heavy atom. The molecule has 21 heavy (non-hydrogen) atoms. The molecule has 1 unspecified atom stereocenters. The SMILES string of the molecule is CC(C)(C)CC(CO)NC(=O)c1ccc2ncccc2c1. The van der Waals surface area contributed by atoms with Crippen LogP contribution < -0.4 is 5.32 Å². The lowest BCUT2D eigenvalue weighted by Crippen LogP contribution is -2.40. The number of amides is 1. The van der Waals surface area contributed by atoms with Crippen LogP contribution in [0.25, 0.3) is 10.9 Å². The number of hydrogen-bond donors (Lipinski definition) is 2. The van der Waals surface area contributed by atoms with Crippen LogP contribution in [0.2, 0.25) is 0 Å². The number of carbonyl (C=O) groups excluding carboxylic acids is 1. The first-order valence-corrected chi connectivity index (χ1v) is 7.15. The molecule has 0 radical (unpaired) electrons. The number of nitrogens with one attached hydrogen (secondary N) is 1. The van der Waals surface area contributed by atoms with E-state index in [0.717, 1.165) is 17.3 Å². The van der Waals surface area contributed by atoms with Gasteiger partial charge >= 0.3 is 0 Å². The van der Waals surface area contributed by atoms with Gasteiger partial charge in [-0.3, -0.25) is 9.78 Å². The molecule has 2 rings (SSSR count). The fourth-order valence-corrected chi connectivity index (χ4v) is 2.39. The van der Waals surface area contributed by atoms with E-state index in [1.54, 1.807) is 12.3 Å². The first-order chi connectivity index (χ1) is 9.89. The number of benzene rings is 1. The van der Waals surface area contributed by atoms with Gasteiger partial charge in [-0.2, -0.15) is 0 Å². The van der Waals surface area contributed by atoms with Crippen molar-refractivity contribution in [1.29, 1.82) is 0 Å². The van der Waals surface area contributed by atoms with Crippen molar-refractivity contribution >= 4 is 16.8 Å². The molecule has 4 heteroatoms. The Kier molecular flexibility index (Phi) is 4.58. The minimum absolute atomic E-state index is 0.0496. The standard InChI is InChI=1S/C17H22N2O2/c1-17(2,3)10-14(11-20)19-16(21)13-6-7-15-12(9-13)5-4-8-18-15/h4-9,14,20H,10-11H2,1-3H3,(H,19,21). The summed E-state index contributed by atoms with van der Waals surface area (Å²) in [6.07, 6.45) is 2.46. The van der Waals surface area contributed by atoms with Gasteiger partial charge in [0.15, 0.2) is 0 Å². The zero-order valence-electron chi connectivity index (χ0n) is 12.8. The fraction of sp³-hybridized carbons (Fsp3) is 0.412. The lowest BCUT2D eigenvalue weighted by Gasteiger charge is -2.25. The minimum Gasteiger partial charge on any atom is -0.394 e. The second-order valence-electron chi connectivity index (χ2n) is 6.53.